The highest BCUT2D eigenvalue weighted by Crippen LogP contribution is 2.28. The van der Waals surface area contributed by atoms with Crippen molar-refractivity contribution in [2.45, 2.75) is 32.6 Å². The van der Waals surface area contributed by atoms with Crippen LogP contribution in [0, 0.1) is 11.8 Å². The number of hydrogen-bond acceptors (Lipinski definition) is 2. The van der Waals surface area contributed by atoms with Crippen LogP contribution < -0.4 is 5.32 Å². The van der Waals surface area contributed by atoms with Crippen molar-refractivity contribution in [3.05, 3.63) is 28.8 Å². The molecular weight excluding hydrogens is 262 g/mol. The summed E-state index contributed by atoms with van der Waals surface area (Å²) in [6.45, 7) is 2.95. The topological polar surface area (TPSA) is 49.3 Å². The Bertz CT molecular complexity index is 453. The van der Waals surface area contributed by atoms with Crippen LogP contribution in [-0.4, -0.2) is 17.6 Å². The molecule has 0 atom stereocenters. The predicted octanol–water partition coefficient (Wildman–Crippen LogP) is 3.60. The normalized spacial score (nSPS) is 23.1. The van der Waals surface area contributed by atoms with E-state index in [1.54, 1.807) is 6.07 Å². The number of carbonyl (C=O) groups excluding carboxylic acids is 1. The number of phenols is 1. The molecule has 0 heterocycles. The molecule has 2 N–H and O–H groups in total. The van der Waals surface area contributed by atoms with Crippen LogP contribution in [0.2, 0.25) is 5.02 Å². The van der Waals surface area contributed by atoms with Crippen molar-refractivity contribution in [3.8, 4) is 5.75 Å². The number of nitrogens with one attached hydrogen (secondary N) is 1. The molecule has 0 saturated heterocycles. The van der Waals surface area contributed by atoms with Gasteiger partial charge in [0.2, 0.25) is 0 Å². The fraction of sp³-hybridized carbons (Fsp3) is 0.533. The molecule has 1 aliphatic carbocycles. The number of rotatable bonds is 3. The number of phenolic OH excluding ortho intramolecular Hbond substituents is 1. The number of amides is 1. The average molecular weight is 282 g/mol. The second kappa shape index (κ2) is 6.29. The smallest absolute Gasteiger partial charge is 0.255 e. The van der Waals surface area contributed by atoms with E-state index in [1.807, 2.05) is 0 Å². The highest BCUT2D eigenvalue weighted by Gasteiger charge is 2.19. The number of hydrogen-bond donors (Lipinski definition) is 2. The second-order valence-corrected chi connectivity index (χ2v) is 5.93. The standard InChI is InChI=1S/C15H20ClNO2/c1-10-2-4-11(5-3-10)9-17-15(19)13-8-12(16)6-7-14(13)18/h6-8,10-11,18H,2-5,9H2,1H3,(H,17,19). The largest absolute Gasteiger partial charge is 0.507 e. The Morgan fingerprint density at radius 3 is 2.74 bits per heavy atom. The third kappa shape index (κ3) is 3.87. The molecule has 1 saturated carbocycles. The van der Waals surface area contributed by atoms with Crippen molar-refractivity contribution in [2.24, 2.45) is 11.8 Å². The third-order valence-corrected chi connectivity index (χ3v) is 4.13. The summed E-state index contributed by atoms with van der Waals surface area (Å²) in [4.78, 5) is 12.0. The molecular formula is C15H20ClNO2. The van der Waals surface area contributed by atoms with Gasteiger partial charge in [0.15, 0.2) is 0 Å². The van der Waals surface area contributed by atoms with Crippen molar-refractivity contribution >= 4 is 17.5 Å². The number of aromatic hydroxyl groups is 1. The van der Waals surface area contributed by atoms with Gasteiger partial charge < -0.3 is 10.4 Å². The summed E-state index contributed by atoms with van der Waals surface area (Å²) in [5, 5.41) is 13.0. The van der Waals surface area contributed by atoms with Gasteiger partial charge in [0.05, 0.1) is 5.56 Å². The molecule has 104 valence electrons. The van der Waals surface area contributed by atoms with Crippen LogP contribution in [0.5, 0.6) is 5.75 Å². The van der Waals surface area contributed by atoms with Crippen molar-refractivity contribution in [1.29, 1.82) is 0 Å². The minimum absolute atomic E-state index is 0.0285. The number of benzene rings is 1. The van der Waals surface area contributed by atoms with Gasteiger partial charge >= 0.3 is 0 Å². The first-order chi connectivity index (χ1) is 9.06. The van der Waals surface area contributed by atoms with Crippen molar-refractivity contribution in [3.63, 3.8) is 0 Å². The Balaban J connectivity index is 1.89. The first-order valence-corrected chi connectivity index (χ1v) is 7.20. The summed E-state index contributed by atoms with van der Waals surface area (Å²) >= 11 is 5.83. The lowest BCUT2D eigenvalue weighted by Crippen LogP contribution is -2.31. The van der Waals surface area contributed by atoms with Gasteiger partial charge in [-0.25, -0.2) is 0 Å². The maximum Gasteiger partial charge on any atom is 0.255 e. The molecule has 0 aromatic heterocycles. The fourth-order valence-electron chi connectivity index (χ4n) is 2.56. The minimum Gasteiger partial charge on any atom is -0.507 e. The van der Waals surface area contributed by atoms with Crippen LogP contribution >= 0.6 is 11.6 Å². The van der Waals surface area contributed by atoms with Crippen molar-refractivity contribution in [2.75, 3.05) is 6.54 Å². The molecule has 4 heteroatoms. The summed E-state index contributed by atoms with van der Waals surface area (Å²) in [6, 6.07) is 4.50. The van der Waals surface area contributed by atoms with Gasteiger partial charge in [-0.3, -0.25) is 4.79 Å². The quantitative estimate of drug-likeness (QED) is 0.889. The molecule has 0 spiro atoms. The molecule has 0 bridgehead atoms. The van der Waals surface area contributed by atoms with E-state index in [0.717, 1.165) is 5.92 Å². The summed E-state index contributed by atoms with van der Waals surface area (Å²) in [7, 11) is 0. The number of carbonyl (C=O) groups is 1. The highest BCUT2D eigenvalue weighted by atomic mass is 35.5. The lowest BCUT2D eigenvalue weighted by molar-refractivity contribution is 0.0939. The Morgan fingerprint density at radius 1 is 1.37 bits per heavy atom. The van der Waals surface area contributed by atoms with Gasteiger partial charge in [-0.15, -0.1) is 0 Å². The first kappa shape index (κ1) is 14.2. The van der Waals surface area contributed by atoms with Gasteiger partial charge in [0.1, 0.15) is 5.75 Å². The Kier molecular flexibility index (Phi) is 4.70. The molecule has 1 amide bonds. The summed E-state index contributed by atoms with van der Waals surface area (Å²) in [5.74, 6) is 1.09. The molecule has 0 unspecified atom stereocenters. The van der Waals surface area contributed by atoms with E-state index < -0.39 is 0 Å². The lowest BCUT2D eigenvalue weighted by atomic mass is 9.83. The lowest BCUT2D eigenvalue weighted by Gasteiger charge is -2.26. The fourth-order valence-corrected chi connectivity index (χ4v) is 2.73. The highest BCUT2D eigenvalue weighted by molar-refractivity contribution is 6.31. The van der Waals surface area contributed by atoms with E-state index in [9.17, 15) is 9.90 Å². The molecule has 1 fully saturated rings. The molecule has 1 aromatic rings. The average Bonchev–Trinajstić information content (AvgIpc) is 2.40. The van der Waals surface area contributed by atoms with Gasteiger partial charge in [-0.05, 0) is 42.9 Å². The molecule has 1 aliphatic rings. The van der Waals surface area contributed by atoms with E-state index in [0.29, 0.717) is 17.5 Å². The van der Waals surface area contributed by atoms with Gasteiger partial charge in [-0.1, -0.05) is 31.4 Å². The van der Waals surface area contributed by atoms with E-state index in [-0.39, 0.29) is 17.2 Å². The summed E-state index contributed by atoms with van der Waals surface area (Å²) in [6.07, 6.45) is 4.82. The van der Waals surface area contributed by atoms with Crippen LogP contribution in [0.1, 0.15) is 43.0 Å². The SMILES string of the molecule is CC1CCC(CNC(=O)c2cc(Cl)ccc2O)CC1. The molecule has 0 aliphatic heterocycles. The monoisotopic (exact) mass is 281 g/mol. The first-order valence-electron chi connectivity index (χ1n) is 6.83. The molecule has 2 rings (SSSR count). The molecule has 1 aromatic carbocycles. The van der Waals surface area contributed by atoms with Gasteiger partial charge in [0, 0.05) is 11.6 Å². The van der Waals surface area contributed by atoms with Crippen molar-refractivity contribution in [1.82, 2.24) is 5.32 Å². The zero-order valence-corrected chi connectivity index (χ0v) is 11.9. The summed E-state index contributed by atoms with van der Waals surface area (Å²) < 4.78 is 0. The maximum atomic E-state index is 12.0. The van der Waals surface area contributed by atoms with Gasteiger partial charge in [-0.2, -0.15) is 0 Å². The van der Waals surface area contributed by atoms with E-state index in [2.05, 4.69) is 12.2 Å². The maximum absolute atomic E-state index is 12.0. The van der Waals surface area contributed by atoms with E-state index in [4.69, 9.17) is 11.6 Å². The van der Waals surface area contributed by atoms with Crippen LogP contribution in [0.15, 0.2) is 18.2 Å². The number of halogens is 1. The Labute approximate surface area is 119 Å². The van der Waals surface area contributed by atoms with E-state index >= 15 is 0 Å². The Hall–Kier alpha value is -1.22. The van der Waals surface area contributed by atoms with Gasteiger partial charge in [0.25, 0.3) is 5.91 Å². The predicted molar refractivity (Wildman–Crippen MR) is 76.6 cm³/mol. The zero-order valence-electron chi connectivity index (χ0n) is 11.2. The van der Waals surface area contributed by atoms with Crippen LogP contribution in [0.3, 0.4) is 0 Å². The molecule has 0 radical (unpaired) electrons. The molecule has 19 heavy (non-hydrogen) atoms. The van der Waals surface area contributed by atoms with Crippen LogP contribution in [-0.2, 0) is 0 Å². The van der Waals surface area contributed by atoms with Crippen LogP contribution in [0.25, 0.3) is 0 Å². The van der Waals surface area contributed by atoms with E-state index in [1.165, 1.54) is 37.8 Å². The van der Waals surface area contributed by atoms with Crippen molar-refractivity contribution < 1.29 is 9.90 Å². The second-order valence-electron chi connectivity index (χ2n) is 5.50. The van der Waals surface area contributed by atoms with Crippen LogP contribution in [0.4, 0.5) is 0 Å². The Morgan fingerprint density at radius 2 is 2.05 bits per heavy atom. The third-order valence-electron chi connectivity index (χ3n) is 3.89. The molecule has 3 nitrogen and oxygen atoms in total. The minimum atomic E-state index is -0.251. The zero-order chi connectivity index (χ0) is 13.8. The summed E-state index contributed by atoms with van der Waals surface area (Å²) in [5.41, 5.74) is 0.247.